The van der Waals surface area contributed by atoms with Gasteiger partial charge < -0.3 is 9.52 Å². The third-order valence-electron chi connectivity index (χ3n) is 2.22. The molecule has 2 nitrogen and oxygen atoms in total. The van der Waals surface area contributed by atoms with E-state index >= 15 is 0 Å². The van der Waals surface area contributed by atoms with Gasteiger partial charge in [-0.05, 0) is 30.5 Å². The Hall–Kier alpha value is -1.35. The number of benzene rings is 1. The molecule has 1 aromatic heterocycles. The number of aliphatic hydroxyl groups is 1. The SMILES string of the molecule is OCCCc1coc2cc(F)ccc12. The summed E-state index contributed by atoms with van der Waals surface area (Å²) in [5.41, 5.74) is 1.59. The van der Waals surface area contributed by atoms with Crippen molar-refractivity contribution in [2.75, 3.05) is 6.61 Å². The summed E-state index contributed by atoms with van der Waals surface area (Å²) in [4.78, 5) is 0. The highest BCUT2D eigenvalue weighted by molar-refractivity contribution is 5.80. The highest BCUT2D eigenvalue weighted by atomic mass is 19.1. The zero-order valence-electron chi connectivity index (χ0n) is 7.66. The Bertz CT molecular complexity index is 434. The molecule has 0 bridgehead atoms. The normalized spacial score (nSPS) is 11.0. The lowest BCUT2D eigenvalue weighted by Gasteiger charge is -1.94. The predicted octanol–water partition coefficient (Wildman–Crippen LogP) is 2.50. The maximum atomic E-state index is 12.8. The van der Waals surface area contributed by atoms with Crippen LogP contribution in [0.3, 0.4) is 0 Å². The molecule has 74 valence electrons. The maximum absolute atomic E-state index is 12.8. The van der Waals surface area contributed by atoms with Crippen LogP contribution in [0.15, 0.2) is 28.9 Å². The van der Waals surface area contributed by atoms with Crippen molar-refractivity contribution in [1.82, 2.24) is 0 Å². The Morgan fingerprint density at radius 2 is 2.21 bits per heavy atom. The van der Waals surface area contributed by atoms with E-state index in [9.17, 15) is 4.39 Å². The topological polar surface area (TPSA) is 33.4 Å². The summed E-state index contributed by atoms with van der Waals surface area (Å²) in [6.07, 6.45) is 3.08. The Kier molecular flexibility index (Phi) is 2.50. The number of aliphatic hydroxyl groups excluding tert-OH is 1. The van der Waals surface area contributed by atoms with Gasteiger partial charge in [0.05, 0.1) is 6.26 Å². The number of halogens is 1. The first-order valence-electron chi connectivity index (χ1n) is 4.58. The van der Waals surface area contributed by atoms with Crippen LogP contribution in [0.2, 0.25) is 0 Å². The van der Waals surface area contributed by atoms with Gasteiger partial charge in [-0.15, -0.1) is 0 Å². The van der Waals surface area contributed by atoms with Crippen molar-refractivity contribution in [3.05, 3.63) is 35.8 Å². The molecule has 0 aliphatic rings. The summed E-state index contributed by atoms with van der Waals surface area (Å²) in [7, 11) is 0. The van der Waals surface area contributed by atoms with Crippen molar-refractivity contribution in [2.24, 2.45) is 0 Å². The minimum Gasteiger partial charge on any atom is -0.464 e. The minimum absolute atomic E-state index is 0.161. The van der Waals surface area contributed by atoms with Crippen molar-refractivity contribution < 1.29 is 13.9 Å². The van der Waals surface area contributed by atoms with E-state index in [1.165, 1.54) is 12.1 Å². The van der Waals surface area contributed by atoms with Gasteiger partial charge in [-0.25, -0.2) is 4.39 Å². The van der Waals surface area contributed by atoms with Crippen LogP contribution in [0, 0.1) is 5.82 Å². The van der Waals surface area contributed by atoms with Gasteiger partial charge in [-0.3, -0.25) is 0 Å². The third kappa shape index (κ3) is 1.63. The summed E-state index contributed by atoms with van der Waals surface area (Å²) in [5.74, 6) is -0.291. The molecule has 0 spiro atoms. The third-order valence-corrected chi connectivity index (χ3v) is 2.22. The first kappa shape index (κ1) is 9.21. The van der Waals surface area contributed by atoms with Crippen LogP contribution < -0.4 is 0 Å². The lowest BCUT2D eigenvalue weighted by Crippen LogP contribution is -1.87. The average molecular weight is 194 g/mol. The molecule has 3 heteroatoms. The number of fused-ring (bicyclic) bond motifs is 1. The first-order valence-corrected chi connectivity index (χ1v) is 4.58. The number of hydrogen-bond acceptors (Lipinski definition) is 2. The quantitative estimate of drug-likeness (QED) is 0.814. The molecule has 0 aliphatic carbocycles. The molecule has 0 fully saturated rings. The molecule has 2 aromatic rings. The number of furan rings is 1. The van der Waals surface area contributed by atoms with E-state index in [2.05, 4.69) is 0 Å². The van der Waals surface area contributed by atoms with E-state index in [-0.39, 0.29) is 12.4 Å². The largest absolute Gasteiger partial charge is 0.464 e. The smallest absolute Gasteiger partial charge is 0.137 e. The standard InChI is InChI=1S/C11H11FO2/c12-9-3-4-10-8(2-1-5-13)7-14-11(10)6-9/h3-4,6-7,13H,1-2,5H2. The average Bonchev–Trinajstić information content (AvgIpc) is 2.57. The van der Waals surface area contributed by atoms with Crippen LogP contribution in [0.1, 0.15) is 12.0 Å². The molecule has 1 N–H and O–H groups in total. The highest BCUT2D eigenvalue weighted by Gasteiger charge is 2.05. The molecule has 0 saturated heterocycles. The van der Waals surface area contributed by atoms with Gasteiger partial charge in [0.15, 0.2) is 0 Å². The maximum Gasteiger partial charge on any atom is 0.137 e. The second-order valence-corrected chi connectivity index (χ2v) is 3.23. The van der Waals surface area contributed by atoms with Gasteiger partial charge in [0, 0.05) is 18.1 Å². The van der Waals surface area contributed by atoms with Crippen LogP contribution in [0.5, 0.6) is 0 Å². The number of rotatable bonds is 3. The van der Waals surface area contributed by atoms with E-state index in [1.807, 2.05) is 0 Å². The molecule has 0 aliphatic heterocycles. The Morgan fingerprint density at radius 1 is 1.36 bits per heavy atom. The second-order valence-electron chi connectivity index (χ2n) is 3.23. The highest BCUT2D eigenvalue weighted by Crippen LogP contribution is 2.22. The fourth-order valence-electron chi connectivity index (χ4n) is 1.52. The zero-order valence-corrected chi connectivity index (χ0v) is 7.66. The van der Waals surface area contributed by atoms with Crippen LogP contribution in [-0.4, -0.2) is 11.7 Å². The van der Waals surface area contributed by atoms with Crippen LogP contribution in [-0.2, 0) is 6.42 Å². The van der Waals surface area contributed by atoms with Crippen molar-refractivity contribution in [3.8, 4) is 0 Å². The molecule has 0 saturated carbocycles. The lowest BCUT2D eigenvalue weighted by molar-refractivity contribution is 0.288. The first-order chi connectivity index (χ1) is 6.81. The summed E-state index contributed by atoms with van der Waals surface area (Å²) in [5, 5.41) is 9.62. The van der Waals surface area contributed by atoms with Gasteiger partial charge in [-0.2, -0.15) is 0 Å². The van der Waals surface area contributed by atoms with E-state index in [0.29, 0.717) is 12.0 Å². The Balaban J connectivity index is 2.37. The van der Waals surface area contributed by atoms with E-state index in [0.717, 1.165) is 17.4 Å². The van der Waals surface area contributed by atoms with Gasteiger partial charge >= 0.3 is 0 Å². The summed E-state index contributed by atoms with van der Waals surface area (Å²) >= 11 is 0. The molecule has 0 unspecified atom stereocenters. The molecule has 2 rings (SSSR count). The zero-order chi connectivity index (χ0) is 9.97. The predicted molar refractivity (Wildman–Crippen MR) is 51.6 cm³/mol. The van der Waals surface area contributed by atoms with Crippen LogP contribution in [0.25, 0.3) is 11.0 Å². The van der Waals surface area contributed by atoms with Crippen LogP contribution >= 0.6 is 0 Å². The lowest BCUT2D eigenvalue weighted by atomic mass is 10.1. The number of hydrogen-bond donors (Lipinski definition) is 1. The van der Waals surface area contributed by atoms with E-state index < -0.39 is 0 Å². The molecule has 1 aromatic carbocycles. The molecule has 0 atom stereocenters. The molecule has 1 heterocycles. The Labute approximate surface area is 81.0 Å². The monoisotopic (exact) mass is 194 g/mol. The van der Waals surface area contributed by atoms with Crippen LogP contribution in [0.4, 0.5) is 4.39 Å². The van der Waals surface area contributed by atoms with Gasteiger partial charge in [0.1, 0.15) is 11.4 Å². The van der Waals surface area contributed by atoms with E-state index in [4.69, 9.17) is 9.52 Å². The van der Waals surface area contributed by atoms with Crippen molar-refractivity contribution in [3.63, 3.8) is 0 Å². The summed E-state index contributed by atoms with van der Waals surface area (Å²) in [6, 6.07) is 4.50. The fourth-order valence-corrected chi connectivity index (χ4v) is 1.52. The van der Waals surface area contributed by atoms with Crippen molar-refractivity contribution >= 4 is 11.0 Å². The molecule has 14 heavy (non-hydrogen) atoms. The number of aryl methyl sites for hydroxylation is 1. The fraction of sp³-hybridized carbons (Fsp3) is 0.273. The van der Waals surface area contributed by atoms with Crippen molar-refractivity contribution in [2.45, 2.75) is 12.8 Å². The van der Waals surface area contributed by atoms with Crippen molar-refractivity contribution in [1.29, 1.82) is 0 Å². The Morgan fingerprint density at radius 3 is 3.00 bits per heavy atom. The minimum atomic E-state index is -0.291. The second kappa shape index (κ2) is 3.80. The molecular formula is C11H11FO2. The molecule has 0 radical (unpaired) electrons. The van der Waals surface area contributed by atoms with Gasteiger partial charge in [0.2, 0.25) is 0 Å². The van der Waals surface area contributed by atoms with Gasteiger partial charge in [0.25, 0.3) is 0 Å². The molecular weight excluding hydrogens is 183 g/mol. The van der Waals surface area contributed by atoms with E-state index in [1.54, 1.807) is 12.3 Å². The molecule has 0 amide bonds. The summed E-state index contributed by atoms with van der Waals surface area (Å²) < 4.78 is 18.0. The summed E-state index contributed by atoms with van der Waals surface area (Å²) in [6.45, 7) is 0.161. The van der Waals surface area contributed by atoms with Gasteiger partial charge in [-0.1, -0.05) is 0 Å².